The molecule has 2 fully saturated rings. The number of imidazole rings is 1. The maximum atomic E-state index is 14.4. The first kappa shape index (κ1) is 26.9. The van der Waals surface area contributed by atoms with E-state index in [1.165, 1.54) is 6.07 Å². The van der Waals surface area contributed by atoms with Crippen molar-refractivity contribution in [3.63, 3.8) is 0 Å². The summed E-state index contributed by atoms with van der Waals surface area (Å²) >= 11 is 0. The molecular weight excluding hydrogens is 515 g/mol. The number of piperidine rings is 1. The van der Waals surface area contributed by atoms with Gasteiger partial charge in [-0.3, -0.25) is 4.40 Å². The highest BCUT2D eigenvalue weighted by Gasteiger charge is 2.36. The normalized spacial score (nSPS) is 21.2. The maximum Gasteiger partial charge on any atom is 0.418 e. The molecule has 2 aliphatic heterocycles. The van der Waals surface area contributed by atoms with Gasteiger partial charge in [-0.25, -0.2) is 4.98 Å². The Balaban J connectivity index is 1.40. The van der Waals surface area contributed by atoms with Crippen LogP contribution in [0.5, 0.6) is 0 Å². The first-order valence-electron chi connectivity index (χ1n) is 14.0. The molecule has 9 heteroatoms. The fourth-order valence-electron chi connectivity index (χ4n) is 6.39. The third kappa shape index (κ3) is 5.01. The summed E-state index contributed by atoms with van der Waals surface area (Å²) in [6.45, 7) is 6.89. The molecule has 2 aromatic heterocycles. The van der Waals surface area contributed by atoms with E-state index in [2.05, 4.69) is 29.7 Å². The van der Waals surface area contributed by atoms with Crippen molar-refractivity contribution in [1.29, 1.82) is 0 Å². The second-order valence-corrected chi connectivity index (χ2v) is 11.5. The van der Waals surface area contributed by atoms with Crippen LogP contribution in [0.25, 0.3) is 27.8 Å². The number of rotatable bonds is 4. The Morgan fingerprint density at radius 3 is 2.25 bits per heavy atom. The highest BCUT2D eigenvalue weighted by Crippen LogP contribution is 2.40. The number of para-hydroxylation sites is 1. The SMILES string of the molecule is C[C@@H]1CN(c2cccc3nc4ccc(-c5ccc(N6CCC(N(C)C)CC6)c(C(F)(F)F)c5)cn4c23)C[C@H](C)O1. The topological polar surface area (TPSA) is 36.3 Å². The lowest BCUT2D eigenvalue weighted by atomic mass is 9.99. The fourth-order valence-corrected chi connectivity index (χ4v) is 6.39. The Morgan fingerprint density at radius 2 is 1.57 bits per heavy atom. The summed E-state index contributed by atoms with van der Waals surface area (Å²) in [5, 5.41) is 0. The van der Waals surface area contributed by atoms with Gasteiger partial charge in [-0.1, -0.05) is 12.1 Å². The Bertz CT molecular complexity index is 1510. The van der Waals surface area contributed by atoms with Crippen molar-refractivity contribution < 1.29 is 17.9 Å². The van der Waals surface area contributed by atoms with Crippen LogP contribution in [0.4, 0.5) is 24.5 Å². The van der Waals surface area contributed by atoms with Crippen LogP contribution < -0.4 is 9.80 Å². The zero-order valence-electron chi connectivity index (χ0n) is 23.4. The molecule has 2 aromatic carbocycles. The van der Waals surface area contributed by atoms with Crippen LogP contribution >= 0.6 is 0 Å². The molecule has 6 rings (SSSR count). The zero-order valence-corrected chi connectivity index (χ0v) is 23.4. The Morgan fingerprint density at radius 1 is 0.875 bits per heavy atom. The Hall–Kier alpha value is -3.30. The minimum absolute atomic E-state index is 0.0988. The molecule has 4 aromatic rings. The summed E-state index contributed by atoms with van der Waals surface area (Å²) in [5.74, 6) is 0. The fraction of sp³-hybridized carbons (Fsp3) is 0.452. The average molecular weight is 552 g/mol. The molecule has 6 nitrogen and oxygen atoms in total. The lowest BCUT2D eigenvalue weighted by molar-refractivity contribution is -0.137. The van der Waals surface area contributed by atoms with Crippen LogP contribution in [0.2, 0.25) is 0 Å². The largest absolute Gasteiger partial charge is 0.418 e. The van der Waals surface area contributed by atoms with Crippen LogP contribution in [0.1, 0.15) is 32.3 Å². The van der Waals surface area contributed by atoms with Gasteiger partial charge in [-0.05, 0) is 88.3 Å². The molecule has 0 radical (unpaired) electrons. The van der Waals surface area contributed by atoms with Crippen LogP contribution in [-0.4, -0.2) is 72.8 Å². The van der Waals surface area contributed by atoms with Gasteiger partial charge in [0.05, 0.1) is 34.5 Å². The van der Waals surface area contributed by atoms with E-state index in [4.69, 9.17) is 9.72 Å². The summed E-state index contributed by atoms with van der Waals surface area (Å²) < 4.78 is 51.1. The van der Waals surface area contributed by atoms with E-state index in [1.54, 1.807) is 6.07 Å². The standard InChI is InChI=1S/C31H36F3N5O/c1-20-17-38(18-21(2)40-20)28-7-5-6-26-30(28)39-19-23(9-11-29(39)35-26)22-8-10-27(25(16-22)31(32,33)34)37-14-12-24(13-15-37)36(3)4/h5-11,16,19-21,24H,12-15,17-18H2,1-4H3/t20-,21+. The monoisotopic (exact) mass is 551 g/mol. The Kier molecular flexibility index (Phi) is 6.91. The number of hydrogen-bond acceptors (Lipinski definition) is 5. The molecule has 2 aliphatic rings. The van der Waals surface area contributed by atoms with Crippen molar-refractivity contribution in [3.05, 3.63) is 60.3 Å². The quantitative estimate of drug-likeness (QED) is 0.297. The van der Waals surface area contributed by atoms with Gasteiger partial charge in [0.15, 0.2) is 0 Å². The molecule has 0 spiro atoms. The maximum absolute atomic E-state index is 14.4. The molecule has 0 aliphatic carbocycles. The molecule has 0 saturated carbocycles. The van der Waals surface area contributed by atoms with E-state index in [1.807, 2.05) is 59.9 Å². The summed E-state index contributed by atoms with van der Waals surface area (Å²) in [6.07, 6.45) is -0.645. The van der Waals surface area contributed by atoms with E-state index in [9.17, 15) is 13.2 Å². The lowest BCUT2D eigenvalue weighted by Gasteiger charge is -2.37. The van der Waals surface area contributed by atoms with Gasteiger partial charge < -0.3 is 19.4 Å². The molecule has 0 N–H and O–H groups in total. The van der Waals surface area contributed by atoms with Gasteiger partial charge in [0.1, 0.15) is 5.65 Å². The summed E-state index contributed by atoms with van der Waals surface area (Å²) in [7, 11) is 4.06. The molecule has 40 heavy (non-hydrogen) atoms. The third-order valence-corrected chi connectivity index (χ3v) is 8.33. The number of anilines is 2. The second-order valence-electron chi connectivity index (χ2n) is 11.5. The van der Waals surface area contributed by atoms with E-state index >= 15 is 0 Å². The molecule has 0 bridgehead atoms. The van der Waals surface area contributed by atoms with Crippen LogP contribution in [0.3, 0.4) is 0 Å². The number of pyridine rings is 1. The number of hydrogen-bond donors (Lipinski definition) is 0. The second kappa shape index (κ2) is 10.3. The van der Waals surface area contributed by atoms with Gasteiger partial charge in [0.25, 0.3) is 0 Å². The van der Waals surface area contributed by atoms with Gasteiger partial charge in [0, 0.05) is 44.1 Å². The summed E-state index contributed by atoms with van der Waals surface area (Å²) in [5.41, 5.74) is 4.56. The van der Waals surface area contributed by atoms with Gasteiger partial charge in [-0.2, -0.15) is 13.2 Å². The third-order valence-electron chi connectivity index (χ3n) is 8.33. The predicted octanol–water partition coefficient (Wildman–Crippen LogP) is 6.32. The smallest absolute Gasteiger partial charge is 0.372 e. The number of halogens is 3. The lowest BCUT2D eigenvalue weighted by Crippen LogP contribution is -2.45. The summed E-state index contributed by atoms with van der Waals surface area (Å²) in [6, 6.07) is 15.0. The van der Waals surface area contributed by atoms with E-state index in [-0.39, 0.29) is 17.9 Å². The summed E-state index contributed by atoms with van der Waals surface area (Å²) in [4.78, 5) is 11.2. The van der Waals surface area contributed by atoms with Crippen molar-refractivity contribution in [2.24, 2.45) is 0 Å². The first-order chi connectivity index (χ1) is 19.1. The molecule has 4 heterocycles. The molecule has 212 valence electrons. The molecular formula is C31H36F3N5O. The van der Waals surface area contributed by atoms with Crippen molar-refractivity contribution in [3.8, 4) is 11.1 Å². The average Bonchev–Trinajstić information content (AvgIpc) is 3.30. The van der Waals surface area contributed by atoms with Crippen molar-refractivity contribution >= 4 is 28.1 Å². The van der Waals surface area contributed by atoms with E-state index in [0.29, 0.717) is 30.3 Å². The molecule has 0 amide bonds. The minimum atomic E-state index is -4.45. The first-order valence-corrected chi connectivity index (χ1v) is 14.0. The Labute approximate surface area is 232 Å². The molecule has 0 unspecified atom stereocenters. The van der Waals surface area contributed by atoms with Crippen LogP contribution in [-0.2, 0) is 10.9 Å². The van der Waals surface area contributed by atoms with Crippen LogP contribution in [0.15, 0.2) is 54.7 Å². The number of alkyl halides is 3. The van der Waals surface area contributed by atoms with Gasteiger partial charge in [0.2, 0.25) is 0 Å². The number of ether oxygens (including phenoxy) is 1. The van der Waals surface area contributed by atoms with Crippen molar-refractivity contribution in [2.45, 2.75) is 51.1 Å². The number of nitrogens with zero attached hydrogens (tertiary/aromatic N) is 5. The van der Waals surface area contributed by atoms with Gasteiger partial charge >= 0.3 is 6.18 Å². The number of fused-ring (bicyclic) bond motifs is 3. The highest BCUT2D eigenvalue weighted by molar-refractivity contribution is 5.93. The zero-order chi connectivity index (χ0) is 28.2. The highest BCUT2D eigenvalue weighted by atomic mass is 19.4. The predicted molar refractivity (Wildman–Crippen MR) is 154 cm³/mol. The number of benzene rings is 2. The molecule has 2 atom stereocenters. The molecule has 2 saturated heterocycles. The minimum Gasteiger partial charge on any atom is -0.372 e. The number of morpholine rings is 1. The number of aromatic nitrogens is 2. The van der Waals surface area contributed by atoms with Gasteiger partial charge in [-0.15, -0.1) is 0 Å². The van der Waals surface area contributed by atoms with Crippen molar-refractivity contribution in [2.75, 3.05) is 50.1 Å². The van der Waals surface area contributed by atoms with E-state index < -0.39 is 11.7 Å². The van der Waals surface area contributed by atoms with E-state index in [0.717, 1.165) is 48.3 Å². The van der Waals surface area contributed by atoms with Crippen molar-refractivity contribution in [1.82, 2.24) is 14.3 Å². The van der Waals surface area contributed by atoms with Crippen LogP contribution in [0, 0.1) is 0 Å².